The molecule has 3 aromatic carbocycles. The maximum atomic E-state index is 13.4. The van der Waals surface area contributed by atoms with Gasteiger partial charge in [-0.05, 0) is 78.9 Å². The molecule has 1 saturated heterocycles. The van der Waals surface area contributed by atoms with Gasteiger partial charge in [-0.3, -0.25) is 9.69 Å². The highest BCUT2D eigenvalue weighted by molar-refractivity contribution is 7.15. The van der Waals surface area contributed by atoms with Crippen molar-refractivity contribution in [2.45, 2.75) is 45.1 Å². The van der Waals surface area contributed by atoms with Crippen LogP contribution in [-0.2, 0) is 11.3 Å². The van der Waals surface area contributed by atoms with Crippen LogP contribution >= 0.6 is 22.9 Å². The summed E-state index contributed by atoms with van der Waals surface area (Å²) in [6.07, 6.45) is 2.05. The molecule has 1 N–H and O–H groups in total. The zero-order valence-electron chi connectivity index (χ0n) is 23.5. The third-order valence-corrected chi connectivity index (χ3v) is 9.25. The lowest BCUT2D eigenvalue weighted by molar-refractivity contribution is 0.0600. The molecule has 1 amide bonds. The molecular formula is C33H34ClN3O3S. The molecule has 0 bridgehead atoms. The number of carbonyl (C=O) groups excluding carboxylic acids is 2. The Bertz CT molecular complexity index is 1510. The van der Waals surface area contributed by atoms with Gasteiger partial charge in [-0.25, -0.2) is 9.78 Å². The number of benzene rings is 3. The monoisotopic (exact) mass is 587 g/mol. The Morgan fingerprint density at radius 3 is 2.41 bits per heavy atom. The first-order valence-electron chi connectivity index (χ1n) is 13.9. The van der Waals surface area contributed by atoms with Gasteiger partial charge in [0, 0.05) is 23.2 Å². The molecular weight excluding hydrogens is 554 g/mol. The van der Waals surface area contributed by atoms with Gasteiger partial charge in [-0.15, -0.1) is 11.3 Å². The fourth-order valence-electron chi connectivity index (χ4n) is 5.16. The largest absolute Gasteiger partial charge is 0.465 e. The third kappa shape index (κ3) is 6.87. The van der Waals surface area contributed by atoms with Crippen molar-refractivity contribution in [1.82, 2.24) is 9.88 Å². The highest BCUT2D eigenvalue weighted by atomic mass is 35.5. The highest BCUT2D eigenvalue weighted by Gasteiger charge is 2.23. The SMILES string of the molecule is COC(=O)c1ccc(C2CCN(Cc3cc(NC(=O)c4nc(C(C)C)sc4-c4ccccc4)ccc3Cl)CC2)cc1. The van der Waals surface area contributed by atoms with Crippen LogP contribution in [0.1, 0.15) is 75.5 Å². The second-order valence-corrected chi connectivity index (χ2v) is 12.1. The van der Waals surface area contributed by atoms with Crippen LogP contribution in [-0.4, -0.2) is 42.0 Å². The molecule has 0 atom stereocenters. The van der Waals surface area contributed by atoms with Gasteiger partial charge in [0.05, 0.1) is 22.6 Å². The number of halogens is 1. The summed E-state index contributed by atoms with van der Waals surface area (Å²) in [6.45, 7) is 6.76. The lowest BCUT2D eigenvalue weighted by atomic mass is 9.89. The zero-order valence-corrected chi connectivity index (χ0v) is 25.1. The van der Waals surface area contributed by atoms with Crippen LogP contribution in [0.5, 0.6) is 0 Å². The summed E-state index contributed by atoms with van der Waals surface area (Å²) in [5.41, 5.74) is 4.94. The minimum Gasteiger partial charge on any atom is -0.465 e. The molecule has 1 aromatic heterocycles. The van der Waals surface area contributed by atoms with Crippen molar-refractivity contribution in [2.75, 3.05) is 25.5 Å². The Morgan fingerprint density at radius 1 is 1.05 bits per heavy atom. The number of methoxy groups -OCH3 is 1. The summed E-state index contributed by atoms with van der Waals surface area (Å²) in [4.78, 5) is 33.2. The van der Waals surface area contributed by atoms with E-state index in [0.717, 1.165) is 46.9 Å². The van der Waals surface area contributed by atoms with Crippen LogP contribution in [0, 0.1) is 0 Å². The number of esters is 1. The van der Waals surface area contributed by atoms with Crippen molar-refractivity contribution in [2.24, 2.45) is 0 Å². The zero-order chi connectivity index (χ0) is 28.9. The number of aromatic nitrogens is 1. The lowest BCUT2D eigenvalue weighted by Crippen LogP contribution is -2.32. The van der Waals surface area contributed by atoms with E-state index in [0.29, 0.717) is 34.4 Å². The molecule has 4 aromatic rings. The van der Waals surface area contributed by atoms with Crippen LogP contribution in [0.4, 0.5) is 5.69 Å². The smallest absolute Gasteiger partial charge is 0.337 e. The summed E-state index contributed by atoms with van der Waals surface area (Å²) in [7, 11) is 1.40. The molecule has 6 nitrogen and oxygen atoms in total. The molecule has 1 aliphatic rings. The molecule has 0 spiro atoms. The maximum absolute atomic E-state index is 13.4. The Kier molecular flexibility index (Phi) is 9.18. The Morgan fingerprint density at radius 2 is 1.76 bits per heavy atom. The third-order valence-electron chi connectivity index (χ3n) is 7.48. The van der Waals surface area contributed by atoms with E-state index in [2.05, 4.69) is 24.1 Å². The summed E-state index contributed by atoms with van der Waals surface area (Å²) in [5, 5.41) is 4.69. The van der Waals surface area contributed by atoms with Crippen molar-refractivity contribution in [1.29, 1.82) is 0 Å². The van der Waals surface area contributed by atoms with E-state index in [1.165, 1.54) is 12.7 Å². The van der Waals surface area contributed by atoms with E-state index in [9.17, 15) is 9.59 Å². The normalized spacial score (nSPS) is 14.3. The summed E-state index contributed by atoms with van der Waals surface area (Å²) >= 11 is 8.17. The number of likely N-dealkylation sites (tertiary alicyclic amines) is 1. The Balaban J connectivity index is 1.24. The number of amides is 1. The second kappa shape index (κ2) is 13.0. The number of rotatable bonds is 8. The first-order chi connectivity index (χ1) is 19.8. The molecule has 0 unspecified atom stereocenters. The average molecular weight is 588 g/mol. The molecule has 5 rings (SSSR count). The van der Waals surface area contributed by atoms with E-state index < -0.39 is 0 Å². The molecule has 41 heavy (non-hydrogen) atoms. The molecule has 1 aliphatic heterocycles. The van der Waals surface area contributed by atoms with Crippen molar-refractivity contribution < 1.29 is 14.3 Å². The van der Waals surface area contributed by atoms with Crippen LogP contribution < -0.4 is 5.32 Å². The summed E-state index contributed by atoms with van der Waals surface area (Å²) in [6, 6.07) is 23.3. The van der Waals surface area contributed by atoms with Gasteiger partial charge in [0.15, 0.2) is 0 Å². The van der Waals surface area contributed by atoms with Crippen LogP contribution in [0.3, 0.4) is 0 Å². The minimum atomic E-state index is -0.315. The van der Waals surface area contributed by atoms with Gasteiger partial charge in [-0.1, -0.05) is 67.9 Å². The average Bonchev–Trinajstić information content (AvgIpc) is 3.46. The van der Waals surface area contributed by atoms with Gasteiger partial charge in [-0.2, -0.15) is 0 Å². The molecule has 212 valence electrons. The van der Waals surface area contributed by atoms with Crippen molar-refractivity contribution >= 4 is 40.5 Å². The van der Waals surface area contributed by atoms with Crippen molar-refractivity contribution in [3.05, 3.63) is 105 Å². The number of nitrogens with zero attached hydrogens (tertiary/aromatic N) is 2. The molecule has 1 fully saturated rings. The first-order valence-corrected chi connectivity index (χ1v) is 15.1. The molecule has 0 radical (unpaired) electrons. The number of nitrogens with one attached hydrogen (secondary N) is 1. The summed E-state index contributed by atoms with van der Waals surface area (Å²) < 4.78 is 4.80. The number of hydrogen-bond acceptors (Lipinski definition) is 6. The van der Waals surface area contributed by atoms with Gasteiger partial charge in [0.25, 0.3) is 5.91 Å². The molecule has 8 heteroatoms. The lowest BCUT2D eigenvalue weighted by Gasteiger charge is -2.32. The number of thiazole rings is 1. The van der Waals surface area contributed by atoms with Crippen LogP contribution in [0.2, 0.25) is 5.02 Å². The standard InChI is InChI=1S/C33H34ClN3O3S/c1-21(2)32-36-29(30(41-32)24-7-5-4-6-8-24)31(38)35-27-13-14-28(34)26(19-27)20-37-17-15-23(16-18-37)22-9-11-25(12-10-22)33(39)40-3/h4-14,19,21,23H,15-18,20H2,1-3H3,(H,35,38). The van der Waals surface area contributed by atoms with E-state index in [-0.39, 0.29) is 17.8 Å². The van der Waals surface area contributed by atoms with Gasteiger partial charge >= 0.3 is 5.97 Å². The minimum absolute atomic E-state index is 0.223. The summed E-state index contributed by atoms with van der Waals surface area (Å²) in [5.74, 6) is 0.144. The Hall–Kier alpha value is -3.52. The molecule has 0 aliphatic carbocycles. The van der Waals surface area contributed by atoms with Crippen molar-refractivity contribution in [3.63, 3.8) is 0 Å². The fraction of sp³-hybridized carbons (Fsp3) is 0.303. The number of piperidine rings is 1. The van der Waals surface area contributed by atoms with Gasteiger partial charge in [0.1, 0.15) is 5.69 Å². The van der Waals surface area contributed by atoms with Crippen LogP contribution in [0.15, 0.2) is 72.8 Å². The predicted octanol–water partition coefficient (Wildman–Crippen LogP) is 8.01. The van der Waals surface area contributed by atoms with E-state index >= 15 is 0 Å². The van der Waals surface area contributed by atoms with Gasteiger partial charge < -0.3 is 10.1 Å². The number of carbonyl (C=O) groups is 2. The number of hydrogen-bond donors (Lipinski definition) is 1. The number of anilines is 1. The van der Waals surface area contributed by atoms with Crippen molar-refractivity contribution in [3.8, 4) is 10.4 Å². The topological polar surface area (TPSA) is 71.5 Å². The second-order valence-electron chi connectivity index (χ2n) is 10.7. The fourth-order valence-corrected chi connectivity index (χ4v) is 6.41. The molecule has 2 heterocycles. The number of ether oxygens (including phenoxy) is 1. The Labute approximate surface area is 250 Å². The van der Waals surface area contributed by atoms with Crippen LogP contribution in [0.25, 0.3) is 10.4 Å². The van der Waals surface area contributed by atoms with E-state index in [1.807, 2.05) is 72.8 Å². The van der Waals surface area contributed by atoms with Gasteiger partial charge in [0.2, 0.25) is 0 Å². The molecule has 0 saturated carbocycles. The highest BCUT2D eigenvalue weighted by Crippen LogP contribution is 2.35. The predicted molar refractivity (Wildman–Crippen MR) is 166 cm³/mol. The maximum Gasteiger partial charge on any atom is 0.337 e. The first kappa shape index (κ1) is 29.0. The quantitative estimate of drug-likeness (QED) is 0.211. The van der Waals surface area contributed by atoms with E-state index in [4.69, 9.17) is 21.3 Å². The van der Waals surface area contributed by atoms with E-state index in [1.54, 1.807) is 11.3 Å².